The number of fused-ring (bicyclic) bond motifs is 2. The van der Waals surface area contributed by atoms with Crippen molar-refractivity contribution in [1.82, 2.24) is 4.90 Å². The van der Waals surface area contributed by atoms with Crippen molar-refractivity contribution in [2.45, 2.75) is 52.9 Å². The predicted octanol–water partition coefficient (Wildman–Crippen LogP) is 2.65. The van der Waals surface area contributed by atoms with E-state index < -0.39 is 0 Å². The van der Waals surface area contributed by atoms with Crippen LogP contribution in [0, 0.1) is 23.2 Å². The molecule has 3 atom stereocenters. The first-order valence-corrected chi connectivity index (χ1v) is 7.95. The highest BCUT2D eigenvalue weighted by Crippen LogP contribution is 2.49. The van der Waals surface area contributed by atoms with Crippen molar-refractivity contribution in [3.05, 3.63) is 0 Å². The van der Waals surface area contributed by atoms with Gasteiger partial charge in [-0.05, 0) is 49.5 Å². The molecule has 0 aromatic carbocycles. The van der Waals surface area contributed by atoms with E-state index in [-0.39, 0.29) is 5.41 Å². The summed E-state index contributed by atoms with van der Waals surface area (Å²) in [4.78, 5) is 14.9. The van der Waals surface area contributed by atoms with E-state index in [4.69, 9.17) is 5.73 Å². The Morgan fingerprint density at radius 2 is 2.05 bits per heavy atom. The van der Waals surface area contributed by atoms with Gasteiger partial charge in [0.05, 0.1) is 0 Å². The smallest absolute Gasteiger partial charge is 0.225 e. The molecule has 0 aliphatic heterocycles. The highest BCUT2D eigenvalue weighted by molar-refractivity contribution is 5.79. The third kappa shape index (κ3) is 3.31. The molecule has 0 heterocycles. The van der Waals surface area contributed by atoms with Crippen LogP contribution in [0.3, 0.4) is 0 Å². The Labute approximate surface area is 117 Å². The molecule has 19 heavy (non-hydrogen) atoms. The van der Waals surface area contributed by atoms with Crippen LogP contribution in [0.2, 0.25) is 0 Å². The summed E-state index contributed by atoms with van der Waals surface area (Å²) in [5.74, 6) is 2.25. The molecule has 2 bridgehead atoms. The summed E-state index contributed by atoms with van der Waals surface area (Å²) >= 11 is 0. The fraction of sp³-hybridized carbons (Fsp3) is 0.938. The van der Waals surface area contributed by atoms with Crippen molar-refractivity contribution in [3.63, 3.8) is 0 Å². The average molecular weight is 266 g/mol. The quantitative estimate of drug-likeness (QED) is 0.803. The van der Waals surface area contributed by atoms with E-state index in [0.29, 0.717) is 24.3 Å². The number of hydrogen-bond donors (Lipinski definition) is 1. The maximum absolute atomic E-state index is 12.8. The van der Waals surface area contributed by atoms with Crippen molar-refractivity contribution in [1.29, 1.82) is 0 Å². The van der Waals surface area contributed by atoms with Gasteiger partial charge < -0.3 is 10.6 Å². The third-order valence-corrected chi connectivity index (χ3v) is 5.03. The number of carbonyl (C=O) groups is 1. The van der Waals surface area contributed by atoms with Crippen LogP contribution < -0.4 is 5.73 Å². The summed E-state index contributed by atoms with van der Waals surface area (Å²) in [6, 6.07) is 0. The van der Waals surface area contributed by atoms with Crippen molar-refractivity contribution >= 4 is 5.91 Å². The first kappa shape index (κ1) is 14.8. The Morgan fingerprint density at radius 1 is 1.32 bits per heavy atom. The Morgan fingerprint density at radius 3 is 2.53 bits per heavy atom. The summed E-state index contributed by atoms with van der Waals surface area (Å²) in [7, 11) is 0. The lowest BCUT2D eigenvalue weighted by molar-refractivity contribution is -0.138. The first-order valence-electron chi connectivity index (χ1n) is 7.95. The number of nitrogens with two attached hydrogens (primary N) is 1. The lowest BCUT2D eigenvalue weighted by Crippen LogP contribution is -2.45. The molecule has 2 saturated carbocycles. The minimum absolute atomic E-state index is 0.0302. The van der Waals surface area contributed by atoms with Crippen LogP contribution in [-0.4, -0.2) is 30.4 Å². The van der Waals surface area contributed by atoms with E-state index in [1.807, 2.05) is 0 Å². The van der Waals surface area contributed by atoms with E-state index in [1.54, 1.807) is 0 Å². The molecule has 2 fully saturated rings. The zero-order chi connectivity index (χ0) is 14.0. The molecule has 3 unspecified atom stereocenters. The normalized spacial score (nSPS) is 29.8. The molecular weight excluding hydrogens is 236 g/mol. The monoisotopic (exact) mass is 266 g/mol. The topological polar surface area (TPSA) is 46.3 Å². The van der Waals surface area contributed by atoms with Crippen LogP contribution in [0.15, 0.2) is 0 Å². The molecule has 0 aromatic heterocycles. The average Bonchev–Trinajstić information content (AvgIpc) is 2.99. The Hall–Kier alpha value is -0.570. The van der Waals surface area contributed by atoms with Gasteiger partial charge in [-0.25, -0.2) is 0 Å². The second-order valence-electron chi connectivity index (χ2n) is 7.41. The standard InChI is InChI=1S/C16H30N2O/c1-4-7-18(11-16(2,3)10-17)15(19)14-9-12-5-6-13(14)8-12/h12-14H,4-11,17H2,1-3H3. The fourth-order valence-corrected chi connectivity index (χ4v) is 3.90. The number of nitrogens with zero attached hydrogens (tertiary/aromatic N) is 1. The van der Waals surface area contributed by atoms with Gasteiger partial charge in [0.15, 0.2) is 0 Å². The lowest BCUT2D eigenvalue weighted by atomic mass is 9.86. The Kier molecular flexibility index (Phi) is 4.54. The molecule has 2 aliphatic rings. The van der Waals surface area contributed by atoms with Crippen molar-refractivity contribution in [3.8, 4) is 0 Å². The molecule has 3 nitrogen and oxygen atoms in total. The number of carbonyl (C=O) groups excluding carboxylic acids is 1. The summed E-state index contributed by atoms with van der Waals surface area (Å²) in [5.41, 5.74) is 5.86. The van der Waals surface area contributed by atoms with Crippen LogP contribution in [0.5, 0.6) is 0 Å². The lowest BCUT2D eigenvalue weighted by Gasteiger charge is -2.35. The molecule has 3 heteroatoms. The van der Waals surface area contributed by atoms with Gasteiger partial charge in [0.25, 0.3) is 0 Å². The molecule has 0 saturated heterocycles. The van der Waals surface area contributed by atoms with E-state index in [9.17, 15) is 4.79 Å². The van der Waals surface area contributed by atoms with Crippen LogP contribution in [0.1, 0.15) is 52.9 Å². The first-order chi connectivity index (χ1) is 8.96. The summed E-state index contributed by atoms with van der Waals surface area (Å²) < 4.78 is 0. The molecular formula is C16H30N2O. The SMILES string of the molecule is CCCN(CC(C)(C)CN)C(=O)C1CC2CCC1C2. The molecule has 2 rings (SSSR count). The van der Waals surface area contributed by atoms with Crippen LogP contribution in [0.25, 0.3) is 0 Å². The minimum atomic E-state index is 0.0302. The van der Waals surface area contributed by atoms with Crippen LogP contribution >= 0.6 is 0 Å². The second-order valence-corrected chi connectivity index (χ2v) is 7.41. The molecule has 110 valence electrons. The zero-order valence-electron chi connectivity index (χ0n) is 12.8. The summed E-state index contributed by atoms with van der Waals surface area (Å²) in [6.07, 6.45) is 6.12. The molecule has 2 aliphatic carbocycles. The number of hydrogen-bond acceptors (Lipinski definition) is 2. The third-order valence-electron chi connectivity index (χ3n) is 5.03. The van der Waals surface area contributed by atoms with E-state index in [2.05, 4.69) is 25.7 Å². The number of amides is 1. The van der Waals surface area contributed by atoms with Gasteiger partial charge in [-0.2, -0.15) is 0 Å². The van der Waals surface area contributed by atoms with E-state index >= 15 is 0 Å². The van der Waals surface area contributed by atoms with E-state index in [0.717, 1.165) is 31.8 Å². The van der Waals surface area contributed by atoms with Gasteiger partial charge in [-0.3, -0.25) is 4.79 Å². The molecule has 2 N–H and O–H groups in total. The minimum Gasteiger partial charge on any atom is -0.342 e. The summed E-state index contributed by atoms with van der Waals surface area (Å²) in [5, 5.41) is 0. The second kappa shape index (κ2) is 5.82. The van der Waals surface area contributed by atoms with Gasteiger partial charge in [0.1, 0.15) is 0 Å². The van der Waals surface area contributed by atoms with Crippen LogP contribution in [0.4, 0.5) is 0 Å². The number of rotatable bonds is 6. The van der Waals surface area contributed by atoms with E-state index in [1.165, 1.54) is 19.3 Å². The molecule has 0 aromatic rings. The van der Waals surface area contributed by atoms with Gasteiger partial charge in [-0.15, -0.1) is 0 Å². The molecule has 0 spiro atoms. The van der Waals surface area contributed by atoms with Gasteiger partial charge in [0.2, 0.25) is 5.91 Å². The van der Waals surface area contributed by atoms with Gasteiger partial charge in [0, 0.05) is 19.0 Å². The highest BCUT2D eigenvalue weighted by Gasteiger charge is 2.44. The Balaban J connectivity index is 2.00. The maximum Gasteiger partial charge on any atom is 0.225 e. The Bertz CT molecular complexity index is 327. The van der Waals surface area contributed by atoms with Crippen molar-refractivity contribution in [2.75, 3.05) is 19.6 Å². The highest BCUT2D eigenvalue weighted by atomic mass is 16.2. The van der Waals surface area contributed by atoms with Crippen molar-refractivity contribution < 1.29 is 4.79 Å². The maximum atomic E-state index is 12.8. The van der Waals surface area contributed by atoms with Crippen LogP contribution in [-0.2, 0) is 4.79 Å². The molecule has 1 amide bonds. The predicted molar refractivity (Wildman–Crippen MR) is 78.6 cm³/mol. The molecule has 0 radical (unpaired) electrons. The van der Waals surface area contributed by atoms with Gasteiger partial charge >= 0.3 is 0 Å². The summed E-state index contributed by atoms with van der Waals surface area (Å²) in [6.45, 7) is 8.79. The van der Waals surface area contributed by atoms with Gasteiger partial charge in [-0.1, -0.05) is 27.2 Å². The largest absolute Gasteiger partial charge is 0.342 e. The zero-order valence-corrected chi connectivity index (χ0v) is 12.8. The van der Waals surface area contributed by atoms with Crippen molar-refractivity contribution in [2.24, 2.45) is 28.9 Å². The fourth-order valence-electron chi connectivity index (χ4n) is 3.90.